The topological polar surface area (TPSA) is 238 Å². The van der Waals surface area contributed by atoms with E-state index in [2.05, 4.69) is 0 Å². The molecule has 0 bridgehead atoms. The summed E-state index contributed by atoms with van der Waals surface area (Å²) in [5, 5.41) is 17.3. The van der Waals surface area contributed by atoms with Crippen LogP contribution in [0.2, 0.25) is 0 Å². The number of carboxylic acids is 2. The van der Waals surface area contributed by atoms with Crippen LogP contribution in [0.15, 0.2) is 23.1 Å². The van der Waals surface area contributed by atoms with Crippen LogP contribution in [-0.4, -0.2) is 35.1 Å². The second-order valence-electron chi connectivity index (χ2n) is 2.79. The molecular weight excluding hydrogens is 282 g/mol. The molecule has 0 saturated carbocycles. The molecule has 1 aromatic carbocycles. The third kappa shape index (κ3) is 4.99. The highest BCUT2D eigenvalue weighted by molar-refractivity contribution is 7.85. The average molecular weight is 300 g/mol. The second kappa shape index (κ2) is 7.40. The second-order valence-corrected chi connectivity index (χ2v) is 4.21. The molecule has 110 valence electrons. The SMILES string of the molecule is O=C(O)c1ccc(S(=O)(=O)O)cc1C(=O)O.[NH4+].[NH4+].[NH4+]. The first-order valence-corrected chi connectivity index (χ1v) is 5.25. The summed E-state index contributed by atoms with van der Waals surface area (Å²) in [4.78, 5) is 20.6. The van der Waals surface area contributed by atoms with Gasteiger partial charge >= 0.3 is 11.9 Å². The number of rotatable bonds is 3. The van der Waals surface area contributed by atoms with Crippen molar-refractivity contribution in [2.45, 2.75) is 4.90 Å². The summed E-state index contributed by atoms with van der Waals surface area (Å²) in [7, 11) is -4.56. The predicted molar refractivity (Wildman–Crippen MR) is 68.1 cm³/mol. The van der Waals surface area contributed by atoms with Crippen molar-refractivity contribution in [3.63, 3.8) is 0 Å². The van der Waals surface area contributed by atoms with Gasteiger partial charge in [0.05, 0.1) is 16.0 Å². The summed E-state index contributed by atoms with van der Waals surface area (Å²) < 4.78 is 30.1. The molecule has 11 heteroatoms. The monoisotopic (exact) mass is 300 g/mol. The van der Waals surface area contributed by atoms with E-state index in [9.17, 15) is 18.0 Å². The lowest BCUT2D eigenvalue weighted by atomic mass is 10.1. The molecular formula is C8H18N3O7S+3. The summed E-state index contributed by atoms with van der Waals surface area (Å²) in [5.41, 5.74) is -1.26. The normalized spacial score (nSPS) is 9.32. The van der Waals surface area contributed by atoms with E-state index in [1.54, 1.807) is 0 Å². The van der Waals surface area contributed by atoms with Crippen molar-refractivity contribution in [2.75, 3.05) is 0 Å². The van der Waals surface area contributed by atoms with E-state index >= 15 is 0 Å². The molecule has 1 rings (SSSR count). The number of carbonyl (C=O) groups is 2. The lowest BCUT2D eigenvalue weighted by Gasteiger charge is -2.03. The maximum atomic E-state index is 10.7. The van der Waals surface area contributed by atoms with Gasteiger partial charge in [-0.15, -0.1) is 0 Å². The Morgan fingerprint density at radius 3 is 1.63 bits per heavy atom. The Morgan fingerprint density at radius 1 is 0.895 bits per heavy atom. The van der Waals surface area contributed by atoms with Crippen LogP contribution in [0.4, 0.5) is 0 Å². The van der Waals surface area contributed by atoms with Gasteiger partial charge in [-0.2, -0.15) is 8.42 Å². The minimum absolute atomic E-state index is 0. The van der Waals surface area contributed by atoms with E-state index in [1.807, 2.05) is 0 Å². The Bertz CT molecular complexity index is 570. The van der Waals surface area contributed by atoms with Crippen molar-refractivity contribution >= 4 is 22.1 Å². The van der Waals surface area contributed by atoms with Crippen LogP contribution in [0.1, 0.15) is 20.7 Å². The lowest BCUT2D eigenvalue weighted by Crippen LogP contribution is -2.10. The van der Waals surface area contributed by atoms with Gasteiger partial charge in [-0.3, -0.25) is 4.55 Å². The Balaban J connectivity index is -0.000000853. The third-order valence-corrected chi connectivity index (χ3v) is 2.60. The summed E-state index contributed by atoms with van der Waals surface area (Å²) in [6.07, 6.45) is 0. The predicted octanol–water partition coefficient (Wildman–Crippen LogP) is 1.46. The quantitative estimate of drug-likeness (QED) is 0.448. The molecule has 0 amide bonds. The van der Waals surface area contributed by atoms with Crippen LogP contribution < -0.4 is 18.5 Å². The van der Waals surface area contributed by atoms with E-state index in [0.717, 1.165) is 12.1 Å². The smallest absolute Gasteiger partial charge is 0.336 e. The van der Waals surface area contributed by atoms with Crippen LogP contribution in [0.5, 0.6) is 0 Å². The Labute approximate surface area is 108 Å². The van der Waals surface area contributed by atoms with Crippen molar-refractivity contribution in [3.8, 4) is 0 Å². The van der Waals surface area contributed by atoms with Crippen molar-refractivity contribution in [1.29, 1.82) is 0 Å². The third-order valence-electron chi connectivity index (χ3n) is 1.75. The van der Waals surface area contributed by atoms with Crippen molar-refractivity contribution in [3.05, 3.63) is 29.3 Å². The number of hydrogen-bond donors (Lipinski definition) is 6. The Morgan fingerprint density at radius 2 is 1.32 bits per heavy atom. The molecule has 15 N–H and O–H groups in total. The Kier molecular flexibility index (Phi) is 8.63. The van der Waals surface area contributed by atoms with E-state index in [0.29, 0.717) is 6.07 Å². The molecule has 0 aliphatic rings. The molecule has 0 aromatic heterocycles. The highest BCUT2D eigenvalue weighted by Crippen LogP contribution is 2.16. The van der Waals surface area contributed by atoms with Gasteiger partial charge < -0.3 is 28.7 Å². The van der Waals surface area contributed by atoms with Crippen LogP contribution in [-0.2, 0) is 10.1 Å². The van der Waals surface area contributed by atoms with Crippen molar-refractivity contribution < 1.29 is 32.8 Å². The zero-order chi connectivity index (χ0) is 12.5. The average Bonchev–Trinajstić information content (AvgIpc) is 2.15. The van der Waals surface area contributed by atoms with Gasteiger partial charge in [0.1, 0.15) is 0 Å². The van der Waals surface area contributed by atoms with Gasteiger partial charge in [0.15, 0.2) is 0 Å². The van der Waals surface area contributed by atoms with Crippen molar-refractivity contribution in [1.82, 2.24) is 18.5 Å². The van der Waals surface area contributed by atoms with E-state index in [-0.39, 0.29) is 18.5 Å². The first-order chi connectivity index (χ1) is 7.23. The van der Waals surface area contributed by atoms with Gasteiger partial charge in [0.25, 0.3) is 10.1 Å². The molecule has 0 atom stereocenters. The van der Waals surface area contributed by atoms with Gasteiger partial charge in [-0.25, -0.2) is 9.59 Å². The van der Waals surface area contributed by atoms with Crippen LogP contribution in [0.3, 0.4) is 0 Å². The molecule has 0 heterocycles. The standard InChI is InChI=1S/C8H6O7S.3H3N/c9-7(10)5-2-1-4(16(13,14)15)3-6(5)8(11)12;;;/h1-3H,(H,9,10)(H,11,12)(H,13,14,15);3*1H3/p+3. The molecule has 0 aliphatic carbocycles. The van der Waals surface area contributed by atoms with Gasteiger partial charge in [-0.1, -0.05) is 0 Å². The summed E-state index contributed by atoms with van der Waals surface area (Å²) in [6, 6.07) is 2.20. The summed E-state index contributed by atoms with van der Waals surface area (Å²) in [6.45, 7) is 0. The molecule has 10 nitrogen and oxygen atoms in total. The molecule has 0 aliphatic heterocycles. The first kappa shape index (κ1) is 22.2. The molecule has 0 unspecified atom stereocenters. The molecule has 0 fully saturated rings. The number of quaternary nitrogens is 3. The number of aromatic carboxylic acids is 2. The fourth-order valence-electron chi connectivity index (χ4n) is 1.05. The Hall–Kier alpha value is -2.05. The van der Waals surface area contributed by atoms with E-state index < -0.39 is 38.1 Å². The summed E-state index contributed by atoms with van der Waals surface area (Å²) >= 11 is 0. The van der Waals surface area contributed by atoms with Gasteiger partial charge in [-0.05, 0) is 18.2 Å². The fraction of sp³-hybridized carbons (Fsp3) is 0. The number of carboxylic acid groups (broad SMARTS) is 2. The maximum absolute atomic E-state index is 10.7. The lowest BCUT2D eigenvalue weighted by molar-refractivity contribution is 0.0651. The minimum atomic E-state index is -4.56. The van der Waals surface area contributed by atoms with E-state index in [1.165, 1.54) is 0 Å². The van der Waals surface area contributed by atoms with Gasteiger partial charge in [0.2, 0.25) is 0 Å². The van der Waals surface area contributed by atoms with Gasteiger partial charge in [0, 0.05) is 0 Å². The number of hydrogen-bond acceptors (Lipinski definition) is 4. The zero-order valence-corrected chi connectivity index (χ0v) is 11.4. The molecule has 0 saturated heterocycles. The summed E-state index contributed by atoms with van der Waals surface area (Å²) in [5.74, 6) is -3.10. The molecule has 19 heavy (non-hydrogen) atoms. The van der Waals surface area contributed by atoms with Crippen LogP contribution in [0.25, 0.3) is 0 Å². The molecule has 0 spiro atoms. The molecule has 1 aromatic rings. The first-order valence-electron chi connectivity index (χ1n) is 3.81. The zero-order valence-electron chi connectivity index (χ0n) is 10.6. The number of benzene rings is 1. The minimum Gasteiger partial charge on any atom is -0.478 e. The van der Waals surface area contributed by atoms with Crippen LogP contribution >= 0.6 is 0 Å². The largest absolute Gasteiger partial charge is 0.478 e. The highest BCUT2D eigenvalue weighted by atomic mass is 32.2. The highest BCUT2D eigenvalue weighted by Gasteiger charge is 2.20. The van der Waals surface area contributed by atoms with Crippen LogP contribution in [0, 0.1) is 0 Å². The van der Waals surface area contributed by atoms with E-state index in [4.69, 9.17) is 14.8 Å². The fourth-order valence-corrected chi connectivity index (χ4v) is 1.55. The molecule has 0 radical (unpaired) electrons. The van der Waals surface area contributed by atoms with Crippen molar-refractivity contribution in [2.24, 2.45) is 0 Å². The maximum Gasteiger partial charge on any atom is 0.336 e.